The normalized spacial score (nSPS) is 20.2. The molecule has 1 unspecified atom stereocenters. The van der Waals surface area contributed by atoms with E-state index in [1.165, 1.54) is 4.90 Å². The zero-order valence-corrected chi connectivity index (χ0v) is 9.28. The van der Waals surface area contributed by atoms with E-state index in [4.69, 9.17) is 17.3 Å². The molecule has 1 fully saturated rings. The predicted octanol–water partition coefficient (Wildman–Crippen LogP) is 1.04. The zero-order chi connectivity index (χ0) is 11.7. The van der Waals surface area contributed by atoms with Gasteiger partial charge in [-0.25, -0.2) is 0 Å². The van der Waals surface area contributed by atoms with E-state index < -0.39 is 0 Å². The molecule has 0 aliphatic carbocycles. The standard InChI is InChI=1S/C11H11ClN2O2/c12-8-3-1-2-7(4-8)11(16)14-6-9(13)5-10(14)15/h1-4,9H,5-6,13H2. The summed E-state index contributed by atoms with van der Waals surface area (Å²) in [4.78, 5) is 24.6. The van der Waals surface area contributed by atoms with Gasteiger partial charge in [0.15, 0.2) is 0 Å². The van der Waals surface area contributed by atoms with Gasteiger partial charge in [-0.1, -0.05) is 17.7 Å². The molecule has 1 heterocycles. The van der Waals surface area contributed by atoms with Gasteiger partial charge in [0.2, 0.25) is 5.91 Å². The fourth-order valence-corrected chi connectivity index (χ4v) is 1.90. The molecule has 2 amide bonds. The van der Waals surface area contributed by atoms with Crippen LogP contribution in [0.1, 0.15) is 16.8 Å². The molecule has 2 rings (SSSR count). The topological polar surface area (TPSA) is 63.4 Å². The van der Waals surface area contributed by atoms with E-state index in [9.17, 15) is 9.59 Å². The molecule has 2 N–H and O–H groups in total. The van der Waals surface area contributed by atoms with Crippen LogP contribution >= 0.6 is 11.6 Å². The number of nitrogens with zero attached hydrogens (tertiary/aromatic N) is 1. The van der Waals surface area contributed by atoms with Crippen molar-refractivity contribution in [3.05, 3.63) is 34.9 Å². The lowest BCUT2D eigenvalue weighted by molar-refractivity contribution is -0.125. The molecule has 0 bridgehead atoms. The third-order valence-corrected chi connectivity index (χ3v) is 2.71. The molecule has 0 spiro atoms. The average Bonchev–Trinajstić information content (AvgIpc) is 2.57. The van der Waals surface area contributed by atoms with Crippen LogP contribution in [0, 0.1) is 0 Å². The highest BCUT2D eigenvalue weighted by atomic mass is 35.5. The average molecular weight is 239 g/mol. The molecule has 1 atom stereocenters. The Kier molecular flexibility index (Phi) is 2.94. The van der Waals surface area contributed by atoms with Gasteiger partial charge in [-0.05, 0) is 18.2 Å². The van der Waals surface area contributed by atoms with Crippen molar-refractivity contribution in [3.8, 4) is 0 Å². The number of imide groups is 1. The van der Waals surface area contributed by atoms with Crippen molar-refractivity contribution < 1.29 is 9.59 Å². The number of rotatable bonds is 1. The molecule has 4 nitrogen and oxygen atoms in total. The van der Waals surface area contributed by atoms with Gasteiger partial charge < -0.3 is 5.73 Å². The predicted molar refractivity (Wildman–Crippen MR) is 60.1 cm³/mol. The van der Waals surface area contributed by atoms with Crippen LogP contribution < -0.4 is 5.73 Å². The van der Waals surface area contributed by atoms with E-state index in [-0.39, 0.29) is 30.8 Å². The number of carbonyl (C=O) groups is 2. The van der Waals surface area contributed by atoms with Crippen LogP contribution in [0.2, 0.25) is 5.02 Å². The lowest BCUT2D eigenvalue weighted by atomic mass is 10.2. The molecule has 5 heteroatoms. The second-order valence-corrected chi connectivity index (χ2v) is 4.22. The molecule has 1 aliphatic rings. The van der Waals surface area contributed by atoms with Crippen LogP contribution in [-0.2, 0) is 4.79 Å². The lowest BCUT2D eigenvalue weighted by Crippen LogP contribution is -2.34. The van der Waals surface area contributed by atoms with Crippen molar-refractivity contribution >= 4 is 23.4 Å². The number of hydrogen-bond donors (Lipinski definition) is 1. The summed E-state index contributed by atoms with van der Waals surface area (Å²) in [7, 11) is 0. The molecule has 1 aliphatic heterocycles. The summed E-state index contributed by atoms with van der Waals surface area (Å²) >= 11 is 5.78. The number of amides is 2. The highest BCUT2D eigenvalue weighted by Gasteiger charge is 2.32. The van der Waals surface area contributed by atoms with Crippen molar-refractivity contribution in [2.24, 2.45) is 5.73 Å². The second kappa shape index (κ2) is 4.23. The van der Waals surface area contributed by atoms with Crippen molar-refractivity contribution in [3.63, 3.8) is 0 Å². The number of carbonyl (C=O) groups excluding carboxylic acids is 2. The maximum Gasteiger partial charge on any atom is 0.260 e. The third-order valence-electron chi connectivity index (χ3n) is 2.47. The molecule has 0 aromatic heterocycles. The first-order valence-corrected chi connectivity index (χ1v) is 5.31. The Hall–Kier alpha value is -1.39. The Bertz CT molecular complexity index is 447. The second-order valence-electron chi connectivity index (χ2n) is 3.78. The quantitative estimate of drug-likeness (QED) is 0.744. The van der Waals surface area contributed by atoms with Crippen molar-refractivity contribution in [1.29, 1.82) is 0 Å². The molecule has 1 aromatic rings. The fourth-order valence-electron chi connectivity index (χ4n) is 1.71. The van der Waals surface area contributed by atoms with Crippen LogP contribution in [-0.4, -0.2) is 29.3 Å². The van der Waals surface area contributed by atoms with Gasteiger partial charge in [0, 0.05) is 29.6 Å². The summed E-state index contributed by atoms with van der Waals surface area (Å²) in [6.07, 6.45) is 0.228. The van der Waals surface area contributed by atoms with E-state index in [1.807, 2.05) is 0 Å². The van der Waals surface area contributed by atoms with E-state index in [2.05, 4.69) is 0 Å². The lowest BCUT2D eigenvalue weighted by Gasteiger charge is -2.13. The number of likely N-dealkylation sites (tertiary alicyclic amines) is 1. The molecule has 0 radical (unpaired) electrons. The van der Waals surface area contributed by atoms with Crippen molar-refractivity contribution in [2.75, 3.05) is 6.54 Å². The van der Waals surface area contributed by atoms with E-state index in [0.717, 1.165) is 0 Å². The van der Waals surface area contributed by atoms with Crippen LogP contribution in [0.5, 0.6) is 0 Å². The minimum absolute atomic E-state index is 0.225. The summed E-state index contributed by atoms with van der Waals surface area (Å²) in [6, 6.07) is 6.27. The maximum atomic E-state index is 11.9. The maximum absolute atomic E-state index is 11.9. The van der Waals surface area contributed by atoms with Gasteiger partial charge in [-0.2, -0.15) is 0 Å². The Morgan fingerprint density at radius 1 is 1.50 bits per heavy atom. The number of benzene rings is 1. The third kappa shape index (κ3) is 2.08. The summed E-state index contributed by atoms with van der Waals surface area (Å²) in [5, 5.41) is 0.474. The first-order valence-electron chi connectivity index (χ1n) is 4.94. The van der Waals surface area contributed by atoms with Gasteiger partial charge >= 0.3 is 0 Å². The number of nitrogens with two attached hydrogens (primary N) is 1. The van der Waals surface area contributed by atoms with Crippen molar-refractivity contribution in [1.82, 2.24) is 4.90 Å². The van der Waals surface area contributed by atoms with Gasteiger partial charge in [0.05, 0.1) is 0 Å². The van der Waals surface area contributed by atoms with Crippen LogP contribution in [0.25, 0.3) is 0 Å². The van der Waals surface area contributed by atoms with Crippen LogP contribution in [0.15, 0.2) is 24.3 Å². The van der Waals surface area contributed by atoms with Crippen LogP contribution in [0.3, 0.4) is 0 Å². The zero-order valence-electron chi connectivity index (χ0n) is 8.52. The molecule has 84 valence electrons. The molecule has 1 aromatic carbocycles. The van der Waals surface area contributed by atoms with E-state index in [0.29, 0.717) is 10.6 Å². The monoisotopic (exact) mass is 238 g/mol. The minimum atomic E-state index is -0.333. The summed E-state index contributed by atoms with van der Waals surface area (Å²) in [5.41, 5.74) is 6.03. The van der Waals surface area contributed by atoms with E-state index in [1.54, 1.807) is 24.3 Å². The number of halogens is 1. The van der Waals surface area contributed by atoms with Crippen molar-refractivity contribution in [2.45, 2.75) is 12.5 Å². The minimum Gasteiger partial charge on any atom is -0.326 e. The smallest absolute Gasteiger partial charge is 0.260 e. The fraction of sp³-hybridized carbons (Fsp3) is 0.273. The molecule has 1 saturated heterocycles. The highest BCUT2D eigenvalue weighted by Crippen LogP contribution is 2.16. The van der Waals surface area contributed by atoms with Gasteiger partial charge in [0.25, 0.3) is 5.91 Å². The summed E-state index contributed by atoms with van der Waals surface area (Å²) in [5.74, 6) is -0.557. The summed E-state index contributed by atoms with van der Waals surface area (Å²) < 4.78 is 0. The Balaban J connectivity index is 2.23. The Labute approximate surface area is 98.0 Å². The Morgan fingerprint density at radius 3 is 2.81 bits per heavy atom. The first kappa shape index (κ1) is 11.1. The Morgan fingerprint density at radius 2 is 2.25 bits per heavy atom. The summed E-state index contributed by atoms with van der Waals surface area (Å²) in [6.45, 7) is 0.282. The van der Waals surface area contributed by atoms with Gasteiger partial charge in [0.1, 0.15) is 0 Å². The highest BCUT2D eigenvalue weighted by molar-refractivity contribution is 6.31. The first-order chi connectivity index (χ1) is 7.58. The molecular formula is C11H11ClN2O2. The SMILES string of the molecule is NC1CC(=O)N(C(=O)c2cccc(Cl)c2)C1. The molecular weight excluding hydrogens is 228 g/mol. The van der Waals surface area contributed by atoms with Gasteiger partial charge in [-0.15, -0.1) is 0 Å². The van der Waals surface area contributed by atoms with E-state index >= 15 is 0 Å². The molecule has 0 saturated carbocycles. The van der Waals surface area contributed by atoms with Gasteiger partial charge in [-0.3, -0.25) is 14.5 Å². The molecule has 16 heavy (non-hydrogen) atoms. The van der Waals surface area contributed by atoms with Crippen LogP contribution in [0.4, 0.5) is 0 Å². The largest absolute Gasteiger partial charge is 0.326 e. The number of hydrogen-bond acceptors (Lipinski definition) is 3.